The van der Waals surface area contributed by atoms with Gasteiger partial charge >= 0.3 is 5.97 Å². The van der Waals surface area contributed by atoms with Crippen molar-refractivity contribution in [2.24, 2.45) is 11.8 Å². The number of fused-ring (bicyclic) bond motifs is 1. The summed E-state index contributed by atoms with van der Waals surface area (Å²) < 4.78 is 40.3. The number of hydrogen-bond donors (Lipinski definition) is 0. The highest BCUT2D eigenvalue weighted by molar-refractivity contribution is 7.89. The van der Waals surface area contributed by atoms with E-state index in [1.54, 1.807) is 24.4 Å². The van der Waals surface area contributed by atoms with Gasteiger partial charge in [0, 0.05) is 25.4 Å². The van der Waals surface area contributed by atoms with E-state index in [2.05, 4.69) is 4.98 Å². The smallest absolute Gasteiger partial charge is 0.338 e. The molecule has 4 rings (SSSR count). The molecule has 1 aliphatic rings. The summed E-state index contributed by atoms with van der Waals surface area (Å²) in [5.74, 6) is -0.103. The molecule has 180 valence electrons. The molecule has 34 heavy (non-hydrogen) atoms. The van der Waals surface area contributed by atoms with Gasteiger partial charge in [0.1, 0.15) is 22.9 Å². The standard InChI is InChI=1S/C24H27N3O6S/c1-16-10-17(2)14-26(13-16)34(30,31)21-11-18(7-8-20(21)32-3)24(29)33-15-19-12-23(28)27-9-5-4-6-22(27)25-19/h4-9,11-12,16-17H,10,13-15H2,1-3H3/t16-,17-/m1/s1. The number of sulfonamides is 1. The number of piperidine rings is 1. The summed E-state index contributed by atoms with van der Waals surface area (Å²) >= 11 is 0. The van der Waals surface area contributed by atoms with Crippen molar-refractivity contribution in [3.63, 3.8) is 0 Å². The number of pyridine rings is 1. The molecule has 0 N–H and O–H groups in total. The molecule has 0 radical (unpaired) electrons. The Labute approximate surface area is 198 Å². The van der Waals surface area contributed by atoms with Crippen LogP contribution in [0.5, 0.6) is 5.75 Å². The Kier molecular flexibility index (Phi) is 6.72. The summed E-state index contributed by atoms with van der Waals surface area (Å²) in [6.07, 6.45) is 2.56. The van der Waals surface area contributed by atoms with Crippen molar-refractivity contribution in [2.75, 3.05) is 20.2 Å². The first-order valence-electron chi connectivity index (χ1n) is 11.0. The lowest BCUT2D eigenvalue weighted by Crippen LogP contribution is -2.42. The Hall–Kier alpha value is -3.24. The highest BCUT2D eigenvalue weighted by Crippen LogP contribution is 2.32. The molecule has 1 fully saturated rings. The lowest BCUT2D eigenvalue weighted by atomic mass is 9.94. The second-order valence-corrected chi connectivity index (χ2v) is 10.6. The van der Waals surface area contributed by atoms with E-state index in [4.69, 9.17) is 9.47 Å². The number of esters is 1. The molecule has 0 unspecified atom stereocenters. The number of carbonyl (C=O) groups excluding carboxylic acids is 1. The van der Waals surface area contributed by atoms with Crippen LogP contribution in [0, 0.1) is 11.8 Å². The van der Waals surface area contributed by atoms with Gasteiger partial charge in [0.05, 0.1) is 18.4 Å². The second-order valence-electron chi connectivity index (χ2n) is 8.72. The monoisotopic (exact) mass is 485 g/mol. The van der Waals surface area contributed by atoms with Crippen LogP contribution in [-0.2, 0) is 21.4 Å². The molecule has 0 saturated carbocycles. The number of benzene rings is 1. The van der Waals surface area contributed by atoms with Crippen molar-refractivity contribution in [3.8, 4) is 5.75 Å². The summed E-state index contributed by atoms with van der Waals surface area (Å²) in [7, 11) is -2.49. The van der Waals surface area contributed by atoms with Crippen molar-refractivity contribution in [1.82, 2.24) is 13.7 Å². The molecule has 2 aromatic heterocycles. The van der Waals surface area contributed by atoms with Gasteiger partial charge in [-0.25, -0.2) is 18.2 Å². The van der Waals surface area contributed by atoms with Crippen LogP contribution >= 0.6 is 0 Å². The molecule has 2 atom stereocenters. The van der Waals surface area contributed by atoms with Gasteiger partial charge in [0.2, 0.25) is 10.0 Å². The van der Waals surface area contributed by atoms with E-state index in [1.807, 2.05) is 13.8 Å². The average Bonchev–Trinajstić information content (AvgIpc) is 2.81. The molecule has 1 aliphatic heterocycles. The van der Waals surface area contributed by atoms with Crippen LogP contribution in [0.15, 0.2) is 58.4 Å². The maximum absolute atomic E-state index is 13.4. The van der Waals surface area contributed by atoms with Crippen molar-refractivity contribution in [3.05, 3.63) is 70.3 Å². The normalized spacial score (nSPS) is 19.1. The summed E-state index contributed by atoms with van der Waals surface area (Å²) in [5.41, 5.74) is 0.500. The van der Waals surface area contributed by atoms with E-state index in [0.717, 1.165) is 6.42 Å². The molecule has 10 heteroatoms. The fraction of sp³-hybridized carbons (Fsp3) is 0.375. The Morgan fingerprint density at radius 3 is 2.56 bits per heavy atom. The minimum Gasteiger partial charge on any atom is -0.495 e. The Morgan fingerprint density at radius 2 is 1.85 bits per heavy atom. The van der Waals surface area contributed by atoms with Crippen LogP contribution < -0.4 is 10.3 Å². The third kappa shape index (κ3) is 4.83. The Balaban J connectivity index is 1.57. The van der Waals surface area contributed by atoms with E-state index in [-0.39, 0.29) is 40.2 Å². The van der Waals surface area contributed by atoms with Gasteiger partial charge in [-0.2, -0.15) is 4.31 Å². The van der Waals surface area contributed by atoms with Crippen LogP contribution in [0.3, 0.4) is 0 Å². The van der Waals surface area contributed by atoms with Gasteiger partial charge in [0.25, 0.3) is 5.56 Å². The van der Waals surface area contributed by atoms with Gasteiger partial charge < -0.3 is 9.47 Å². The van der Waals surface area contributed by atoms with Crippen LogP contribution in [-0.4, -0.2) is 48.3 Å². The van der Waals surface area contributed by atoms with Crippen LogP contribution in [0.2, 0.25) is 0 Å². The summed E-state index contributed by atoms with van der Waals surface area (Å²) in [5, 5.41) is 0. The number of methoxy groups -OCH3 is 1. The minimum absolute atomic E-state index is 0.0648. The van der Waals surface area contributed by atoms with Crippen molar-refractivity contribution in [2.45, 2.75) is 31.8 Å². The number of hydrogen-bond acceptors (Lipinski definition) is 7. The van der Waals surface area contributed by atoms with E-state index in [9.17, 15) is 18.0 Å². The highest BCUT2D eigenvalue weighted by Gasteiger charge is 2.34. The third-order valence-corrected chi connectivity index (χ3v) is 7.68. The highest BCUT2D eigenvalue weighted by atomic mass is 32.2. The topological polar surface area (TPSA) is 107 Å². The zero-order valence-corrected chi connectivity index (χ0v) is 20.1. The summed E-state index contributed by atoms with van der Waals surface area (Å²) in [6, 6.07) is 10.6. The van der Waals surface area contributed by atoms with E-state index < -0.39 is 16.0 Å². The summed E-state index contributed by atoms with van der Waals surface area (Å²) in [6.45, 7) is 4.64. The maximum Gasteiger partial charge on any atom is 0.338 e. The molecule has 0 amide bonds. The van der Waals surface area contributed by atoms with Crippen molar-refractivity contribution in [1.29, 1.82) is 0 Å². The predicted molar refractivity (Wildman–Crippen MR) is 125 cm³/mol. The van der Waals surface area contributed by atoms with E-state index in [1.165, 1.54) is 40.1 Å². The molecular weight excluding hydrogens is 458 g/mol. The second kappa shape index (κ2) is 9.55. The zero-order valence-electron chi connectivity index (χ0n) is 19.3. The number of rotatable bonds is 6. The van der Waals surface area contributed by atoms with Gasteiger partial charge in [0.15, 0.2) is 0 Å². The minimum atomic E-state index is -3.88. The molecule has 3 heterocycles. The van der Waals surface area contributed by atoms with Crippen molar-refractivity contribution < 1.29 is 22.7 Å². The molecule has 1 aromatic carbocycles. The molecule has 0 spiro atoms. The van der Waals surface area contributed by atoms with Crippen LogP contribution in [0.4, 0.5) is 0 Å². The van der Waals surface area contributed by atoms with Gasteiger partial charge in [-0.3, -0.25) is 9.20 Å². The molecule has 9 nitrogen and oxygen atoms in total. The first kappa shape index (κ1) is 23.9. The average molecular weight is 486 g/mol. The fourth-order valence-electron chi connectivity index (χ4n) is 4.35. The number of carbonyl (C=O) groups is 1. The SMILES string of the molecule is COc1ccc(C(=O)OCc2cc(=O)n3ccccc3n2)cc1S(=O)(=O)N1C[C@H](C)C[C@@H](C)C1. The molecule has 0 aliphatic carbocycles. The maximum atomic E-state index is 13.4. The van der Waals surface area contributed by atoms with Gasteiger partial charge in [-0.1, -0.05) is 19.9 Å². The third-order valence-electron chi connectivity index (χ3n) is 5.83. The van der Waals surface area contributed by atoms with E-state index in [0.29, 0.717) is 24.4 Å². The Bertz CT molecular complexity index is 1370. The van der Waals surface area contributed by atoms with E-state index >= 15 is 0 Å². The lowest BCUT2D eigenvalue weighted by Gasteiger charge is -2.34. The number of aromatic nitrogens is 2. The van der Waals surface area contributed by atoms with Crippen molar-refractivity contribution >= 4 is 21.6 Å². The van der Waals surface area contributed by atoms with Gasteiger partial charge in [-0.05, 0) is 48.6 Å². The van der Waals surface area contributed by atoms with Crippen LogP contribution in [0.25, 0.3) is 5.65 Å². The molecule has 1 saturated heterocycles. The molecular formula is C24H27N3O6S. The van der Waals surface area contributed by atoms with Crippen LogP contribution in [0.1, 0.15) is 36.3 Å². The Morgan fingerprint density at radius 1 is 1.12 bits per heavy atom. The first-order valence-corrected chi connectivity index (χ1v) is 12.5. The largest absolute Gasteiger partial charge is 0.495 e. The first-order chi connectivity index (χ1) is 16.2. The number of ether oxygens (including phenoxy) is 2. The number of nitrogens with zero attached hydrogens (tertiary/aromatic N) is 3. The van der Waals surface area contributed by atoms with Gasteiger partial charge in [-0.15, -0.1) is 0 Å². The quantitative estimate of drug-likeness (QED) is 0.494. The molecule has 3 aromatic rings. The predicted octanol–water partition coefficient (Wildman–Crippen LogP) is 2.73. The lowest BCUT2D eigenvalue weighted by molar-refractivity contribution is 0.0467. The molecule has 0 bridgehead atoms. The zero-order chi connectivity index (χ0) is 24.5. The summed E-state index contributed by atoms with van der Waals surface area (Å²) in [4.78, 5) is 29.2. The fourth-order valence-corrected chi connectivity index (χ4v) is 6.21.